The van der Waals surface area contributed by atoms with Crippen molar-refractivity contribution in [2.24, 2.45) is 5.11 Å². The maximum atomic E-state index is 12.2. The number of nitrogens with one attached hydrogen (secondary N) is 1. The van der Waals surface area contributed by atoms with E-state index in [9.17, 15) is 4.79 Å². The van der Waals surface area contributed by atoms with Gasteiger partial charge in [0.25, 0.3) is 0 Å². The molecule has 0 aliphatic heterocycles. The summed E-state index contributed by atoms with van der Waals surface area (Å²) < 4.78 is 6.13. The lowest BCUT2D eigenvalue weighted by Gasteiger charge is -2.28. The fourth-order valence-corrected chi connectivity index (χ4v) is 2.20. The third kappa shape index (κ3) is 5.75. The number of nitrogens with zero attached hydrogens (tertiary/aromatic N) is 3. The first kappa shape index (κ1) is 17.5. The van der Waals surface area contributed by atoms with Gasteiger partial charge in [0.05, 0.1) is 6.61 Å². The lowest BCUT2D eigenvalue weighted by molar-refractivity contribution is -0.150. The minimum absolute atomic E-state index is 0.284. The van der Waals surface area contributed by atoms with Crippen LogP contribution in [0.4, 0.5) is 0 Å². The van der Waals surface area contributed by atoms with Gasteiger partial charge in [0.15, 0.2) is 0 Å². The minimum Gasteiger partial charge on any atom is -0.465 e. The van der Waals surface area contributed by atoms with Crippen LogP contribution in [0, 0.1) is 0 Å². The molecule has 0 saturated heterocycles. The highest BCUT2D eigenvalue weighted by atomic mass is 79.9. The molecule has 6 nitrogen and oxygen atoms in total. The predicted octanol–water partition coefficient (Wildman–Crippen LogP) is 3.21. The first-order valence-electron chi connectivity index (χ1n) is 6.69. The Balaban J connectivity index is 2.81. The summed E-state index contributed by atoms with van der Waals surface area (Å²) in [5.41, 5.74) is 8.45. The second-order valence-electron chi connectivity index (χ2n) is 4.74. The number of azide groups is 1. The van der Waals surface area contributed by atoms with E-state index in [1.807, 2.05) is 24.3 Å². The standard InChI is InChI=1S/C14H19BrN4O2/c1-3-21-13(20)14(2,17-8-9-18-19-16)10-11-4-6-12(15)7-5-11/h4-7,17H,3,8-10H2,1-2H3. The van der Waals surface area contributed by atoms with Crippen LogP contribution in [0.2, 0.25) is 0 Å². The van der Waals surface area contributed by atoms with Gasteiger partial charge in [-0.2, -0.15) is 0 Å². The highest BCUT2D eigenvalue weighted by molar-refractivity contribution is 9.10. The molecule has 1 N–H and O–H groups in total. The van der Waals surface area contributed by atoms with Gasteiger partial charge >= 0.3 is 5.97 Å². The van der Waals surface area contributed by atoms with Gasteiger partial charge < -0.3 is 10.1 Å². The van der Waals surface area contributed by atoms with Gasteiger partial charge in [-0.1, -0.05) is 33.2 Å². The van der Waals surface area contributed by atoms with Crippen LogP contribution in [0.25, 0.3) is 10.4 Å². The van der Waals surface area contributed by atoms with E-state index >= 15 is 0 Å². The van der Waals surface area contributed by atoms with E-state index in [1.54, 1.807) is 13.8 Å². The molecule has 0 aliphatic carbocycles. The minimum atomic E-state index is -0.852. The van der Waals surface area contributed by atoms with Crippen LogP contribution in [0.3, 0.4) is 0 Å². The van der Waals surface area contributed by atoms with Crippen LogP contribution in [0.15, 0.2) is 33.9 Å². The molecule has 1 aromatic carbocycles. The fraction of sp³-hybridized carbons (Fsp3) is 0.500. The summed E-state index contributed by atoms with van der Waals surface area (Å²) in [5.74, 6) is -0.311. The molecule has 114 valence electrons. The van der Waals surface area contributed by atoms with Crippen molar-refractivity contribution >= 4 is 21.9 Å². The molecule has 0 amide bonds. The topological polar surface area (TPSA) is 87.1 Å². The van der Waals surface area contributed by atoms with Crippen LogP contribution in [0.5, 0.6) is 0 Å². The van der Waals surface area contributed by atoms with Crippen molar-refractivity contribution in [3.8, 4) is 0 Å². The van der Waals surface area contributed by atoms with Gasteiger partial charge in [0.2, 0.25) is 0 Å². The second kappa shape index (κ2) is 8.67. The van der Waals surface area contributed by atoms with Crippen molar-refractivity contribution in [2.75, 3.05) is 19.7 Å². The molecule has 0 aromatic heterocycles. The number of rotatable bonds is 8. The number of esters is 1. The van der Waals surface area contributed by atoms with Crippen molar-refractivity contribution < 1.29 is 9.53 Å². The summed E-state index contributed by atoms with van der Waals surface area (Å²) in [4.78, 5) is 14.9. The Bertz CT molecular complexity index is 514. The van der Waals surface area contributed by atoms with Gasteiger partial charge in [0, 0.05) is 28.9 Å². The van der Waals surface area contributed by atoms with Gasteiger partial charge in [-0.3, -0.25) is 4.79 Å². The van der Waals surface area contributed by atoms with Crippen LogP contribution in [-0.2, 0) is 16.0 Å². The maximum Gasteiger partial charge on any atom is 0.326 e. The van der Waals surface area contributed by atoms with Crippen molar-refractivity contribution in [3.63, 3.8) is 0 Å². The Morgan fingerprint density at radius 1 is 1.48 bits per heavy atom. The lowest BCUT2D eigenvalue weighted by Crippen LogP contribution is -2.53. The van der Waals surface area contributed by atoms with Gasteiger partial charge in [-0.25, -0.2) is 0 Å². The first-order valence-corrected chi connectivity index (χ1v) is 7.48. The third-order valence-electron chi connectivity index (χ3n) is 2.99. The molecule has 21 heavy (non-hydrogen) atoms. The Morgan fingerprint density at radius 2 is 2.14 bits per heavy atom. The molecule has 0 radical (unpaired) electrons. The zero-order valence-electron chi connectivity index (χ0n) is 12.2. The van der Waals surface area contributed by atoms with Gasteiger partial charge in [0.1, 0.15) is 5.54 Å². The number of hydrogen-bond donors (Lipinski definition) is 1. The quantitative estimate of drug-likeness (QED) is 0.255. The SMILES string of the molecule is CCOC(=O)C(C)(Cc1ccc(Br)cc1)NCCN=[N+]=[N-]. The molecule has 0 heterocycles. The average Bonchev–Trinajstić information content (AvgIpc) is 2.46. The zero-order valence-corrected chi connectivity index (χ0v) is 13.8. The van der Waals surface area contributed by atoms with E-state index in [1.165, 1.54) is 0 Å². The van der Waals surface area contributed by atoms with Crippen LogP contribution in [-0.4, -0.2) is 31.2 Å². The molecule has 1 aromatic rings. The molecule has 1 atom stereocenters. The normalized spacial score (nSPS) is 13.1. The lowest BCUT2D eigenvalue weighted by atomic mass is 9.92. The summed E-state index contributed by atoms with van der Waals surface area (Å²) in [6, 6.07) is 7.77. The summed E-state index contributed by atoms with van der Waals surface area (Å²) in [6.45, 7) is 4.59. The van der Waals surface area contributed by atoms with Crippen LogP contribution < -0.4 is 5.32 Å². The van der Waals surface area contributed by atoms with E-state index < -0.39 is 5.54 Å². The molecule has 7 heteroatoms. The number of halogens is 1. The summed E-state index contributed by atoms with van der Waals surface area (Å²) >= 11 is 3.38. The summed E-state index contributed by atoms with van der Waals surface area (Å²) in [6.07, 6.45) is 0.495. The second-order valence-corrected chi connectivity index (χ2v) is 5.65. The number of carbonyl (C=O) groups is 1. The molecule has 1 rings (SSSR count). The number of benzene rings is 1. The molecule has 0 aliphatic rings. The Hall–Kier alpha value is -1.56. The van der Waals surface area contributed by atoms with Gasteiger partial charge in [-0.05, 0) is 37.1 Å². The number of hydrogen-bond acceptors (Lipinski definition) is 4. The van der Waals surface area contributed by atoms with Crippen LogP contribution in [0.1, 0.15) is 19.4 Å². The van der Waals surface area contributed by atoms with Gasteiger partial charge in [-0.15, -0.1) is 0 Å². The van der Waals surface area contributed by atoms with E-state index in [0.717, 1.165) is 10.0 Å². The third-order valence-corrected chi connectivity index (χ3v) is 3.52. The first-order chi connectivity index (χ1) is 10.0. The van der Waals surface area contributed by atoms with Crippen molar-refractivity contribution in [1.29, 1.82) is 0 Å². The molecular weight excluding hydrogens is 336 g/mol. The molecule has 0 bridgehead atoms. The van der Waals surface area contributed by atoms with E-state index in [2.05, 4.69) is 31.3 Å². The monoisotopic (exact) mass is 354 g/mol. The Kier molecular flexibility index (Phi) is 7.22. The Labute approximate surface area is 132 Å². The molecule has 1 unspecified atom stereocenters. The van der Waals surface area contributed by atoms with E-state index in [0.29, 0.717) is 19.6 Å². The highest BCUT2D eigenvalue weighted by Crippen LogP contribution is 2.18. The fourth-order valence-electron chi connectivity index (χ4n) is 1.93. The summed E-state index contributed by atoms with van der Waals surface area (Å²) in [5, 5.41) is 6.59. The zero-order chi connectivity index (χ0) is 15.7. The maximum absolute atomic E-state index is 12.2. The number of ether oxygens (including phenoxy) is 1. The highest BCUT2D eigenvalue weighted by Gasteiger charge is 2.34. The smallest absolute Gasteiger partial charge is 0.326 e. The predicted molar refractivity (Wildman–Crippen MR) is 84.9 cm³/mol. The summed E-state index contributed by atoms with van der Waals surface area (Å²) in [7, 11) is 0. The van der Waals surface area contributed by atoms with Crippen molar-refractivity contribution in [2.45, 2.75) is 25.8 Å². The van der Waals surface area contributed by atoms with Crippen molar-refractivity contribution in [1.82, 2.24) is 5.32 Å². The number of carbonyl (C=O) groups excluding carboxylic acids is 1. The average molecular weight is 355 g/mol. The van der Waals surface area contributed by atoms with E-state index in [4.69, 9.17) is 10.3 Å². The molecule has 0 saturated carbocycles. The van der Waals surface area contributed by atoms with E-state index in [-0.39, 0.29) is 12.5 Å². The largest absolute Gasteiger partial charge is 0.465 e. The van der Waals surface area contributed by atoms with Crippen molar-refractivity contribution in [3.05, 3.63) is 44.7 Å². The molecule has 0 fully saturated rings. The molecular formula is C14H19BrN4O2. The Morgan fingerprint density at radius 3 is 2.71 bits per heavy atom. The van der Waals surface area contributed by atoms with Crippen LogP contribution >= 0.6 is 15.9 Å². The molecule has 0 spiro atoms.